The van der Waals surface area contributed by atoms with E-state index in [1.807, 2.05) is 30.3 Å². The number of Topliss-reactive ketones (excluding diaryl/α,β-unsaturated/α-hetero) is 1. The van der Waals surface area contributed by atoms with Crippen LogP contribution in [0, 0.1) is 6.92 Å². The highest BCUT2D eigenvalue weighted by molar-refractivity contribution is 6.16. The maximum Gasteiger partial charge on any atom is 0.184 e. The van der Waals surface area contributed by atoms with Gasteiger partial charge in [-0.15, -0.1) is 0 Å². The zero-order valence-corrected chi connectivity index (χ0v) is 11.4. The van der Waals surface area contributed by atoms with Crippen LogP contribution < -0.4 is 5.73 Å². The van der Waals surface area contributed by atoms with Crippen molar-refractivity contribution in [3.8, 4) is 11.1 Å². The minimum absolute atomic E-state index is 0.0635. The third-order valence-corrected chi connectivity index (χ3v) is 3.69. The summed E-state index contributed by atoms with van der Waals surface area (Å²) in [5.74, 6) is 0.0635. The summed E-state index contributed by atoms with van der Waals surface area (Å²) in [5.41, 5.74) is 11.6. The van der Waals surface area contributed by atoms with Crippen LogP contribution >= 0.6 is 0 Å². The second-order valence-electron chi connectivity index (χ2n) is 4.97. The molecule has 1 aliphatic rings. The maximum absolute atomic E-state index is 11.9. The van der Waals surface area contributed by atoms with Gasteiger partial charge in [-0.3, -0.25) is 9.79 Å². The number of carbonyl (C=O) groups excluding carboxylic acids is 1. The number of hydrogen-bond acceptors (Lipinski definition) is 3. The molecule has 1 heterocycles. The fourth-order valence-corrected chi connectivity index (χ4v) is 2.60. The quantitative estimate of drug-likeness (QED) is 0.906. The van der Waals surface area contributed by atoms with E-state index in [1.165, 1.54) is 11.1 Å². The fraction of sp³-hybridized carbons (Fsp3) is 0.176. The molecule has 0 aromatic heterocycles. The molecule has 0 unspecified atom stereocenters. The van der Waals surface area contributed by atoms with E-state index in [4.69, 9.17) is 5.73 Å². The third kappa shape index (κ3) is 2.06. The second kappa shape index (κ2) is 5.02. The Morgan fingerprint density at radius 3 is 2.65 bits per heavy atom. The van der Waals surface area contributed by atoms with Crippen LogP contribution in [0.2, 0.25) is 0 Å². The van der Waals surface area contributed by atoms with Crippen LogP contribution in [0.25, 0.3) is 11.1 Å². The van der Waals surface area contributed by atoms with Gasteiger partial charge >= 0.3 is 0 Å². The number of nitrogens with two attached hydrogens (primary N) is 1. The zero-order valence-electron chi connectivity index (χ0n) is 11.4. The van der Waals surface area contributed by atoms with Crippen LogP contribution in [0.15, 0.2) is 47.5 Å². The van der Waals surface area contributed by atoms with E-state index in [1.54, 1.807) is 0 Å². The third-order valence-electron chi connectivity index (χ3n) is 3.69. The lowest BCUT2D eigenvalue weighted by Gasteiger charge is -2.17. The Labute approximate surface area is 118 Å². The average Bonchev–Trinajstić information content (AvgIpc) is 2.48. The van der Waals surface area contributed by atoms with E-state index in [0.717, 1.165) is 22.4 Å². The summed E-state index contributed by atoms with van der Waals surface area (Å²) in [6.45, 7) is 2.65. The van der Waals surface area contributed by atoms with Crippen molar-refractivity contribution in [1.29, 1.82) is 0 Å². The van der Waals surface area contributed by atoms with Gasteiger partial charge in [-0.25, -0.2) is 0 Å². The van der Waals surface area contributed by atoms with E-state index in [0.29, 0.717) is 6.54 Å². The molecule has 0 fully saturated rings. The Balaban J connectivity index is 2.17. The molecule has 0 saturated heterocycles. The molecule has 0 aliphatic carbocycles. The van der Waals surface area contributed by atoms with Crippen LogP contribution in [0.1, 0.15) is 21.5 Å². The molecule has 1 aliphatic heterocycles. The fourth-order valence-electron chi connectivity index (χ4n) is 2.60. The van der Waals surface area contributed by atoms with Gasteiger partial charge in [0, 0.05) is 17.7 Å². The van der Waals surface area contributed by atoms with E-state index in [9.17, 15) is 4.79 Å². The number of ketones is 1. The van der Waals surface area contributed by atoms with Gasteiger partial charge in [-0.1, -0.05) is 36.4 Å². The van der Waals surface area contributed by atoms with Gasteiger partial charge in [-0.05, 0) is 29.7 Å². The van der Waals surface area contributed by atoms with Crippen molar-refractivity contribution in [2.24, 2.45) is 10.7 Å². The van der Waals surface area contributed by atoms with Crippen molar-refractivity contribution in [3.63, 3.8) is 0 Å². The first-order valence-electron chi connectivity index (χ1n) is 6.67. The molecule has 0 bridgehead atoms. The van der Waals surface area contributed by atoms with Crippen molar-refractivity contribution in [3.05, 3.63) is 59.2 Å². The monoisotopic (exact) mass is 264 g/mol. The van der Waals surface area contributed by atoms with Gasteiger partial charge in [0.2, 0.25) is 0 Å². The van der Waals surface area contributed by atoms with E-state index >= 15 is 0 Å². The molecule has 3 rings (SSSR count). The molecule has 2 aromatic rings. The molecule has 3 nitrogen and oxygen atoms in total. The summed E-state index contributed by atoms with van der Waals surface area (Å²) < 4.78 is 0. The molecule has 0 saturated carbocycles. The SMILES string of the molecule is Cc1ccccc1-c1ccc2c(c1)C(CN)=NCC2=O. The van der Waals surface area contributed by atoms with Gasteiger partial charge in [-0.2, -0.15) is 0 Å². The molecule has 0 amide bonds. The first-order chi connectivity index (χ1) is 9.70. The van der Waals surface area contributed by atoms with Gasteiger partial charge in [0.25, 0.3) is 0 Å². The predicted octanol–water partition coefficient (Wildman–Crippen LogP) is 2.61. The number of nitrogens with zero attached hydrogens (tertiary/aromatic N) is 1. The van der Waals surface area contributed by atoms with Crippen LogP contribution in [0.3, 0.4) is 0 Å². The highest BCUT2D eigenvalue weighted by Gasteiger charge is 2.20. The molecule has 2 aromatic carbocycles. The van der Waals surface area contributed by atoms with E-state index < -0.39 is 0 Å². The van der Waals surface area contributed by atoms with Crippen molar-refractivity contribution in [1.82, 2.24) is 0 Å². The average molecular weight is 264 g/mol. The smallest absolute Gasteiger partial charge is 0.184 e. The van der Waals surface area contributed by atoms with Gasteiger partial charge < -0.3 is 5.73 Å². The van der Waals surface area contributed by atoms with Crippen molar-refractivity contribution >= 4 is 11.5 Å². The van der Waals surface area contributed by atoms with Gasteiger partial charge in [0.15, 0.2) is 5.78 Å². The Bertz CT molecular complexity index is 717. The normalized spacial score (nSPS) is 13.9. The molecule has 2 N–H and O–H groups in total. The summed E-state index contributed by atoms with van der Waals surface area (Å²) in [7, 11) is 0. The highest BCUT2D eigenvalue weighted by atomic mass is 16.1. The Morgan fingerprint density at radius 2 is 1.90 bits per heavy atom. The first-order valence-corrected chi connectivity index (χ1v) is 6.67. The predicted molar refractivity (Wildman–Crippen MR) is 81.4 cm³/mol. The van der Waals surface area contributed by atoms with Crippen molar-refractivity contribution < 1.29 is 4.79 Å². The lowest BCUT2D eigenvalue weighted by Crippen LogP contribution is -2.24. The number of aliphatic imine (C=N–C) groups is 1. The Morgan fingerprint density at radius 1 is 1.10 bits per heavy atom. The van der Waals surface area contributed by atoms with Gasteiger partial charge in [0.05, 0.1) is 5.71 Å². The Kier molecular flexibility index (Phi) is 3.20. The van der Waals surface area contributed by atoms with Crippen LogP contribution in [0.4, 0.5) is 0 Å². The van der Waals surface area contributed by atoms with Crippen molar-refractivity contribution in [2.45, 2.75) is 6.92 Å². The first kappa shape index (κ1) is 12.8. The molecule has 0 spiro atoms. The largest absolute Gasteiger partial charge is 0.325 e. The van der Waals surface area contributed by atoms with Crippen LogP contribution in [-0.4, -0.2) is 24.6 Å². The molecule has 0 radical (unpaired) electrons. The molecular weight excluding hydrogens is 248 g/mol. The second-order valence-corrected chi connectivity index (χ2v) is 4.97. The molecular formula is C17H16N2O. The summed E-state index contributed by atoms with van der Waals surface area (Å²) >= 11 is 0. The van der Waals surface area contributed by atoms with Crippen LogP contribution in [-0.2, 0) is 0 Å². The van der Waals surface area contributed by atoms with Crippen molar-refractivity contribution in [2.75, 3.05) is 13.1 Å². The van der Waals surface area contributed by atoms with Gasteiger partial charge in [0.1, 0.15) is 6.54 Å². The standard InChI is InChI=1S/C17H16N2O/c1-11-4-2-3-5-13(11)12-6-7-14-15(8-12)16(9-18)19-10-17(14)20/h2-8H,9-10,18H2,1H3. The molecule has 0 atom stereocenters. The van der Waals surface area contributed by atoms with Crippen LogP contribution in [0.5, 0.6) is 0 Å². The van der Waals surface area contributed by atoms with E-state index in [-0.39, 0.29) is 12.3 Å². The number of hydrogen-bond donors (Lipinski definition) is 1. The lowest BCUT2D eigenvalue weighted by atomic mass is 9.91. The molecule has 100 valence electrons. The maximum atomic E-state index is 11.9. The number of aryl methyl sites for hydroxylation is 1. The topological polar surface area (TPSA) is 55.4 Å². The molecule has 3 heteroatoms. The lowest BCUT2D eigenvalue weighted by molar-refractivity contribution is 0.1000. The minimum atomic E-state index is 0.0635. The summed E-state index contributed by atoms with van der Waals surface area (Å²) in [4.78, 5) is 16.2. The summed E-state index contributed by atoms with van der Waals surface area (Å²) in [6, 6.07) is 14.1. The number of rotatable bonds is 2. The Hall–Kier alpha value is -2.26. The van der Waals surface area contributed by atoms with E-state index in [2.05, 4.69) is 24.0 Å². The molecule has 20 heavy (non-hydrogen) atoms. The zero-order chi connectivity index (χ0) is 14.1. The summed E-state index contributed by atoms with van der Waals surface area (Å²) in [5, 5.41) is 0. The highest BCUT2D eigenvalue weighted by Crippen LogP contribution is 2.27. The number of fused-ring (bicyclic) bond motifs is 1. The minimum Gasteiger partial charge on any atom is -0.325 e. The number of benzene rings is 2. The number of carbonyl (C=O) groups is 1. The summed E-state index contributed by atoms with van der Waals surface area (Å²) in [6.07, 6.45) is 0.